The van der Waals surface area contributed by atoms with E-state index in [9.17, 15) is 4.79 Å². The van der Waals surface area contributed by atoms with E-state index in [2.05, 4.69) is 10.4 Å². The molecule has 1 amide bonds. The lowest BCUT2D eigenvalue weighted by molar-refractivity contribution is -0.117. The quantitative estimate of drug-likeness (QED) is 0.665. The fraction of sp³-hybridized carbons (Fsp3) is 0.500. The van der Waals surface area contributed by atoms with Crippen LogP contribution in [0.4, 0.5) is 0 Å². The molecule has 0 bridgehead atoms. The van der Waals surface area contributed by atoms with Gasteiger partial charge < -0.3 is 5.32 Å². The standard InChI is InChI=1S/C14H20N4O/c1-5-7-16-13(19)11(10-15)9-12-6-8-17-18(12)14(2,3)4/h6,8-9H,5,7H2,1-4H3,(H,16,19)/b11-9+. The molecule has 1 aromatic heterocycles. The maximum atomic E-state index is 11.8. The van der Waals surface area contributed by atoms with E-state index in [1.165, 1.54) is 0 Å². The molecule has 0 aliphatic rings. The van der Waals surface area contributed by atoms with Crippen LogP contribution < -0.4 is 5.32 Å². The first-order valence-electron chi connectivity index (χ1n) is 6.34. The predicted octanol–water partition coefficient (Wildman–Crippen LogP) is 2.07. The van der Waals surface area contributed by atoms with Gasteiger partial charge in [-0.25, -0.2) is 0 Å². The molecule has 0 aliphatic heterocycles. The highest BCUT2D eigenvalue weighted by Crippen LogP contribution is 2.17. The summed E-state index contributed by atoms with van der Waals surface area (Å²) >= 11 is 0. The third kappa shape index (κ3) is 3.95. The Morgan fingerprint density at radius 2 is 2.26 bits per heavy atom. The van der Waals surface area contributed by atoms with E-state index in [1.807, 2.05) is 33.8 Å². The molecule has 0 radical (unpaired) electrons. The Bertz CT molecular complexity index is 514. The van der Waals surface area contributed by atoms with Crippen molar-refractivity contribution in [1.29, 1.82) is 5.26 Å². The molecule has 5 nitrogen and oxygen atoms in total. The smallest absolute Gasteiger partial charge is 0.262 e. The second kappa shape index (κ2) is 6.19. The number of nitriles is 1. The van der Waals surface area contributed by atoms with Crippen LogP contribution in [-0.4, -0.2) is 22.2 Å². The average Bonchev–Trinajstić information content (AvgIpc) is 2.80. The second-order valence-corrected chi connectivity index (χ2v) is 5.26. The first-order valence-corrected chi connectivity index (χ1v) is 6.34. The lowest BCUT2D eigenvalue weighted by Gasteiger charge is -2.21. The first-order chi connectivity index (χ1) is 8.90. The van der Waals surface area contributed by atoms with Gasteiger partial charge in [-0.1, -0.05) is 6.92 Å². The molecular formula is C14H20N4O. The Balaban J connectivity index is 3.03. The van der Waals surface area contributed by atoms with E-state index in [1.54, 1.807) is 23.0 Å². The lowest BCUT2D eigenvalue weighted by atomic mass is 10.1. The normalized spacial score (nSPS) is 12.1. The molecule has 0 saturated carbocycles. The zero-order valence-electron chi connectivity index (χ0n) is 11.9. The lowest BCUT2D eigenvalue weighted by Crippen LogP contribution is -2.26. The first kappa shape index (κ1) is 15.0. The van der Waals surface area contributed by atoms with Gasteiger partial charge >= 0.3 is 0 Å². The molecule has 0 unspecified atom stereocenters. The van der Waals surface area contributed by atoms with Crippen LogP contribution in [0.5, 0.6) is 0 Å². The fourth-order valence-electron chi connectivity index (χ4n) is 1.61. The summed E-state index contributed by atoms with van der Waals surface area (Å²) in [5, 5.41) is 16.0. The number of hydrogen-bond donors (Lipinski definition) is 1. The van der Waals surface area contributed by atoms with Crippen LogP contribution in [0.1, 0.15) is 39.8 Å². The Morgan fingerprint density at radius 1 is 1.58 bits per heavy atom. The monoisotopic (exact) mass is 260 g/mol. The van der Waals surface area contributed by atoms with Crippen molar-refractivity contribution in [2.24, 2.45) is 0 Å². The molecule has 0 saturated heterocycles. The van der Waals surface area contributed by atoms with Crippen molar-refractivity contribution < 1.29 is 4.79 Å². The van der Waals surface area contributed by atoms with Gasteiger partial charge in [0.2, 0.25) is 0 Å². The van der Waals surface area contributed by atoms with E-state index >= 15 is 0 Å². The van der Waals surface area contributed by atoms with Gasteiger partial charge in [0, 0.05) is 12.7 Å². The summed E-state index contributed by atoms with van der Waals surface area (Å²) in [5.74, 6) is -0.342. The van der Waals surface area contributed by atoms with Crippen LogP contribution in [0.2, 0.25) is 0 Å². The van der Waals surface area contributed by atoms with Gasteiger partial charge in [-0.3, -0.25) is 9.48 Å². The largest absolute Gasteiger partial charge is 0.351 e. The summed E-state index contributed by atoms with van der Waals surface area (Å²) in [5.41, 5.74) is 0.644. The van der Waals surface area contributed by atoms with E-state index in [0.29, 0.717) is 6.54 Å². The van der Waals surface area contributed by atoms with Crippen molar-refractivity contribution in [2.45, 2.75) is 39.7 Å². The Kier molecular flexibility index (Phi) is 4.87. The summed E-state index contributed by atoms with van der Waals surface area (Å²) in [6, 6.07) is 3.72. The SMILES string of the molecule is CCCNC(=O)/C(C#N)=C/c1ccnn1C(C)(C)C. The Morgan fingerprint density at radius 3 is 2.79 bits per heavy atom. The molecular weight excluding hydrogens is 240 g/mol. The number of amides is 1. The maximum Gasteiger partial charge on any atom is 0.262 e. The third-order valence-electron chi connectivity index (χ3n) is 2.50. The maximum absolute atomic E-state index is 11.8. The average molecular weight is 260 g/mol. The number of rotatable bonds is 4. The molecule has 1 aromatic rings. The topological polar surface area (TPSA) is 70.7 Å². The molecule has 0 aliphatic carbocycles. The van der Waals surface area contributed by atoms with Gasteiger partial charge in [-0.2, -0.15) is 10.4 Å². The van der Waals surface area contributed by atoms with Crippen molar-refractivity contribution in [2.75, 3.05) is 6.54 Å². The summed E-state index contributed by atoms with van der Waals surface area (Å²) in [6.07, 6.45) is 4.07. The number of carbonyl (C=O) groups excluding carboxylic acids is 1. The molecule has 102 valence electrons. The van der Waals surface area contributed by atoms with E-state index in [0.717, 1.165) is 12.1 Å². The van der Waals surface area contributed by atoms with E-state index in [-0.39, 0.29) is 17.0 Å². The van der Waals surface area contributed by atoms with Crippen LogP contribution in [0.25, 0.3) is 6.08 Å². The van der Waals surface area contributed by atoms with Crippen LogP contribution in [0.3, 0.4) is 0 Å². The van der Waals surface area contributed by atoms with Gasteiger partial charge in [-0.05, 0) is 39.3 Å². The van der Waals surface area contributed by atoms with Crippen molar-refractivity contribution in [3.8, 4) is 6.07 Å². The molecule has 0 fully saturated rings. The van der Waals surface area contributed by atoms with Gasteiger partial charge in [-0.15, -0.1) is 0 Å². The van der Waals surface area contributed by atoms with Crippen molar-refractivity contribution in [3.05, 3.63) is 23.5 Å². The third-order valence-corrected chi connectivity index (χ3v) is 2.50. The number of nitrogens with one attached hydrogen (secondary N) is 1. The van der Waals surface area contributed by atoms with Gasteiger partial charge in [0.25, 0.3) is 5.91 Å². The van der Waals surface area contributed by atoms with E-state index < -0.39 is 0 Å². The zero-order valence-corrected chi connectivity index (χ0v) is 11.9. The van der Waals surface area contributed by atoms with E-state index in [4.69, 9.17) is 5.26 Å². The van der Waals surface area contributed by atoms with Gasteiger partial charge in [0.15, 0.2) is 0 Å². The minimum atomic E-state index is -0.342. The van der Waals surface area contributed by atoms with Crippen molar-refractivity contribution in [1.82, 2.24) is 15.1 Å². The summed E-state index contributed by atoms with van der Waals surface area (Å²) in [7, 11) is 0. The highest BCUT2D eigenvalue weighted by molar-refractivity contribution is 6.01. The van der Waals surface area contributed by atoms with Crippen molar-refractivity contribution in [3.63, 3.8) is 0 Å². The highest BCUT2D eigenvalue weighted by atomic mass is 16.1. The minimum absolute atomic E-state index is 0.0967. The van der Waals surface area contributed by atoms with Crippen LogP contribution in [0.15, 0.2) is 17.8 Å². The highest BCUT2D eigenvalue weighted by Gasteiger charge is 2.17. The molecule has 1 N–H and O–H groups in total. The van der Waals surface area contributed by atoms with Crippen LogP contribution >= 0.6 is 0 Å². The molecule has 19 heavy (non-hydrogen) atoms. The molecule has 0 atom stereocenters. The summed E-state index contributed by atoms with van der Waals surface area (Å²) in [6.45, 7) is 8.57. The second-order valence-electron chi connectivity index (χ2n) is 5.26. The van der Waals surface area contributed by atoms with Gasteiger partial charge in [0.05, 0.1) is 11.2 Å². The number of aromatic nitrogens is 2. The number of carbonyl (C=O) groups is 1. The molecule has 5 heteroatoms. The number of nitrogens with zero attached hydrogens (tertiary/aromatic N) is 3. The van der Waals surface area contributed by atoms with Gasteiger partial charge in [0.1, 0.15) is 11.6 Å². The van der Waals surface area contributed by atoms with Crippen molar-refractivity contribution >= 4 is 12.0 Å². The predicted molar refractivity (Wildman–Crippen MR) is 74.1 cm³/mol. The van der Waals surface area contributed by atoms with Crippen LogP contribution in [-0.2, 0) is 10.3 Å². The molecule has 1 rings (SSSR count). The Hall–Kier alpha value is -2.09. The van der Waals surface area contributed by atoms with Crippen LogP contribution in [0, 0.1) is 11.3 Å². The Labute approximate surface area is 113 Å². The minimum Gasteiger partial charge on any atom is -0.351 e. The zero-order chi connectivity index (χ0) is 14.5. The summed E-state index contributed by atoms with van der Waals surface area (Å²) < 4.78 is 1.79. The molecule has 0 spiro atoms. The molecule has 1 heterocycles. The number of hydrogen-bond acceptors (Lipinski definition) is 3. The molecule has 0 aromatic carbocycles. The fourth-order valence-corrected chi connectivity index (χ4v) is 1.61. The summed E-state index contributed by atoms with van der Waals surface area (Å²) in [4.78, 5) is 11.8.